The molecular weight excluding hydrogens is 482 g/mol. The molecule has 0 saturated heterocycles. The highest BCUT2D eigenvalue weighted by Gasteiger charge is 2.38. The number of fused-ring (bicyclic) bond motifs is 1. The van der Waals surface area contributed by atoms with Gasteiger partial charge in [0.1, 0.15) is 0 Å². The average Bonchev–Trinajstić information content (AvgIpc) is 2.82. The van der Waals surface area contributed by atoms with Crippen molar-refractivity contribution in [3.05, 3.63) is 37.8 Å². The lowest BCUT2D eigenvalue weighted by molar-refractivity contribution is 0.0875. The van der Waals surface area contributed by atoms with Crippen molar-refractivity contribution in [2.75, 3.05) is 28.4 Å². The van der Waals surface area contributed by atoms with E-state index in [0.29, 0.717) is 44.3 Å². The van der Waals surface area contributed by atoms with Gasteiger partial charge in [0.25, 0.3) is 5.91 Å². The Morgan fingerprint density at radius 1 is 0.963 bits per heavy atom. The maximum absolute atomic E-state index is 12.7. The highest BCUT2D eigenvalue weighted by molar-refractivity contribution is 9.13. The molecule has 6 nitrogen and oxygen atoms in total. The third-order valence-electron chi connectivity index (χ3n) is 4.67. The number of carbonyl (C=O) groups is 1. The molecule has 0 bridgehead atoms. The zero-order valence-electron chi connectivity index (χ0n) is 15.0. The number of carbonyl (C=O) groups excluding carboxylic acids is 1. The summed E-state index contributed by atoms with van der Waals surface area (Å²) in [5.41, 5.74) is 2.71. The molecule has 0 spiro atoms. The zero-order chi connectivity index (χ0) is 19.5. The van der Waals surface area contributed by atoms with Crippen molar-refractivity contribution in [1.29, 1.82) is 0 Å². The molecule has 0 fully saturated rings. The third kappa shape index (κ3) is 2.39. The van der Waals surface area contributed by atoms with Crippen LogP contribution in [0.25, 0.3) is 11.8 Å². The van der Waals surface area contributed by atoms with Crippen LogP contribution in [0.2, 0.25) is 0 Å². The predicted octanol–water partition coefficient (Wildman–Crippen LogP) is 4.93. The molecule has 0 atom stereocenters. The van der Waals surface area contributed by atoms with Crippen LogP contribution in [0.15, 0.2) is 21.1 Å². The van der Waals surface area contributed by atoms with Gasteiger partial charge in [0.2, 0.25) is 5.75 Å². The fourth-order valence-corrected chi connectivity index (χ4v) is 4.39. The first-order valence-electron chi connectivity index (χ1n) is 7.96. The topological polar surface area (TPSA) is 57.2 Å². The van der Waals surface area contributed by atoms with Crippen LogP contribution < -0.4 is 18.9 Å². The van der Waals surface area contributed by atoms with Crippen LogP contribution in [0.3, 0.4) is 0 Å². The van der Waals surface area contributed by atoms with Gasteiger partial charge in [-0.05, 0) is 50.1 Å². The van der Waals surface area contributed by atoms with Crippen LogP contribution in [0.1, 0.15) is 21.5 Å². The number of amides is 1. The number of rotatable bonds is 3. The summed E-state index contributed by atoms with van der Waals surface area (Å²) in [6.07, 6.45) is 1.89. The molecule has 0 aromatic heterocycles. The first-order chi connectivity index (χ1) is 12.9. The minimum absolute atomic E-state index is 0.0946. The Bertz CT molecular complexity index is 1030. The van der Waals surface area contributed by atoms with E-state index in [1.54, 1.807) is 45.4 Å². The van der Waals surface area contributed by atoms with Crippen LogP contribution in [-0.4, -0.2) is 39.2 Å². The van der Waals surface area contributed by atoms with E-state index in [4.69, 9.17) is 18.9 Å². The minimum atomic E-state index is -0.0946. The molecule has 1 amide bonds. The number of hydrogen-bond donors (Lipinski definition) is 0. The maximum atomic E-state index is 12.7. The lowest BCUT2D eigenvalue weighted by atomic mass is 10.0. The number of hydrogen-bond acceptors (Lipinski definition) is 5. The average molecular weight is 497 g/mol. The molecule has 0 aliphatic carbocycles. The van der Waals surface area contributed by atoms with Gasteiger partial charge in [-0.15, -0.1) is 0 Å². The summed E-state index contributed by atoms with van der Waals surface area (Å²) >= 11 is 7.14. The van der Waals surface area contributed by atoms with E-state index in [9.17, 15) is 4.79 Å². The Morgan fingerprint density at radius 3 is 2.30 bits per heavy atom. The van der Waals surface area contributed by atoms with Crippen molar-refractivity contribution in [2.45, 2.75) is 0 Å². The third-order valence-corrected chi connectivity index (χ3v) is 6.79. The van der Waals surface area contributed by atoms with Gasteiger partial charge >= 0.3 is 0 Å². The highest BCUT2D eigenvalue weighted by Crippen LogP contribution is 2.57. The van der Waals surface area contributed by atoms with Crippen LogP contribution >= 0.6 is 31.9 Å². The second kappa shape index (κ2) is 6.45. The van der Waals surface area contributed by atoms with E-state index < -0.39 is 0 Å². The number of benzene rings is 2. The number of halogens is 2. The fourth-order valence-electron chi connectivity index (χ4n) is 3.36. The van der Waals surface area contributed by atoms with E-state index in [-0.39, 0.29) is 5.91 Å². The van der Waals surface area contributed by atoms with E-state index in [2.05, 4.69) is 31.9 Å². The maximum Gasteiger partial charge on any atom is 0.258 e. The molecule has 4 rings (SSSR count). The monoisotopic (exact) mass is 495 g/mol. The molecule has 8 heteroatoms. The van der Waals surface area contributed by atoms with Crippen LogP contribution in [0.5, 0.6) is 28.7 Å². The normalized spacial score (nSPS) is 14.1. The molecule has 2 aromatic carbocycles. The number of ether oxygens (including phenoxy) is 4. The molecule has 0 radical (unpaired) electrons. The van der Waals surface area contributed by atoms with Crippen molar-refractivity contribution in [3.63, 3.8) is 0 Å². The van der Waals surface area contributed by atoms with Gasteiger partial charge in [-0.25, -0.2) is 0 Å². The first kappa shape index (κ1) is 18.2. The Balaban J connectivity index is 2.13. The number of nitrogens with zero attached hydrogens (tertiary/aromatic N) is 1. The first-order valence-corrected chi connectivity index (χ1v) is 9.55. The van der Waals surface area contributed by atoms with Crippen molar-refractivity contribution in [1.82, 2.24) is 4.90 Å². The summed E-state index contributed by atoms with van der Waals surface area (Å²) in [5.74, 6) is 2.30. The molecule has 2 aliphatic rings. The quantitative estimate of drug-likeness (QED) is 0.603. The van der Waals surface area contributed by atoms with E-state index in [1.807, 2.05) is 6.08 Å². The van der Waals surface area contributed by atoms with Crippen molar-refractivity contribution in [2.24, 2.45) is 0 Å². The summed E-state index contributed by atoms with van der Waals surface area (Å²) in [7, 11) is 6.40. The Morgan fingerprint density at radius 2 is 1.67 bits per heavy atom. The van der Waals surface area contributed by atoms with Gasteiger partial charge in [0, 0.05) is 17.1 Å². The largest absolute Gasteiger partial charge is 0.493 e. The van der Waals surface area contributed by atoms with E-state index in [0.717, 1.165) is 15.7 Å². The van der Waals surface area contributed by atoms with Gasteiger partial charge in [0.05, 0.1) is 42.6 Å². The highest BCUT2D eigenvalue weighted by atomic mass is 79.9. The van der Waals surface area contributed by atoms with Crippen molar-refractivity contribution in [3.8, 4) is 28.7 Å². The van der Waals surface area contributed by atoms with Crippen LogP contribution in [0, 0.1) is 0 Å². The molecule has 0 N–H and O–H groups in total. The smallest absolute Gasteiger partial charge is 0.258 e. The Kier molecular flexibility index (Phi) is 4.35. The molecule has 0 saturated carbocycles. The molecule has 140 valence electrons. The van der Waals surface area contributed by atoms with Gasteiger partial charge < -0.3 is 23.8 Å². The molecule has 2 aromatic rings. The molecule has 2 heterocycles. The number of methoxy groups -OCH3 is 3. The molecule has 2 aliphatic heterocycles. The summed E-state index contributed by atoms with van der Waals surface area (Å²) < 4.78 is 24.3. The predicted molar refractivity (Wildman–Crippen MR) is 108 cm³/mol. The Labute approximate surface area is 172 Å². The molecule has 0 unspecified atom stereocenters. The second-order valence-corrected chi connectivity index (χ2v) is 7.54. The van der Waals surface area contributed by atoms with Crippen LogP contribution in [0.4, 0.5) is 0 Å². The van der Waals surface area contributed by atoms with E-state index in [1.165, 1.54) is 0 Å². The zero-order valence-corrected chi connectivity index (χ0v) is 18.1. The summed E-state index contributed by atoms with van der Waals surface area (Å²) in [6, 6.07) is 3.48. The standard InChI is InChI=1S/C19H15Br2NO5/c1-22-10-7-9-13(20)14(21)17(25-3)18(26-4)15(9)27-16-11(24-2)6-5-8(12(10)16)19(22)23/h5-7H,1-4H3. The van der Waals surface area contributed by atoms with Gasteiger partial charge in [0.15, 0.2) is 23.0 Å². The lowest BCUT2D eigenvalue weighted by Crippen LogP contribution is -2.16. The lowest BCUT2D eigenvalue weighted by Gasteiger charge is -2.19. The van der Waals surface area contributed by atoms with Gasteiger partial charge in [-0.3, -0.25) is 4.79 Å². The van der Waals surface area contributed by atoms with Crippen molar-refractivity contribution < 1.29 is 23.7 Å². The summed E-state index contributed by atoms with van der Waals surface area (Å²) in [5, 5.41) is 0. The SMILES string of the molecule is COc1ccc2c3c1Oc1c(c(Br)c(Br)c(OC)c1OC)C=C3N(C)C2=O. The second-order valence-electron chi connectivity index (χ2n) is 5.95. The minimum Gasteiger partial charge on any atom is -0.493 e. The summed E-state index contributed by atoms with van der Waals surface area (Å²) in [4.78, 5) is 14.3. The van der Waals surface area contributed by atoms with Crippen molar-refractivity contribution >= 4 is 49.5 Å². The summed E-state index contributed by atoms with van der Waals surface area (Å²) in [6.45, 7) is 0. The van der Waals surface area contributed by atoms with Gasteiger partial charge in [-0.2, -0.15) is 0 Å². The van der Waals surface area contributed by atoms with E-state index >= 15 is 0 Å². The molecular formula is C19H15Br2NO5. The fraction of sp³-hybridized carbons (Fsp3) is 0.211. The molecule has 27 heavy (non-hydrogen) atoms. The van der Waals surface area contributed by atoms with Gasteiger partial charge in [-0.1, -0.05) is 0 Å². The van der Waals surface area contributed by atoms with Crippen LogP contribution in [-0.2, 0) is 0 Å². The Hall–Kier alpha value is -2.19.